The molecule has 0 aliphatic carbocycles. The first-order chi connectivity index (χ1) is 6.45. The Bertz CT molecular complexity index is 139. The molecular weight excluding hydrogens is 188 g/mol. The first kappa shape index (κ1) is 18.6. The smallest absolute Gasteiger partial charge is 0.0792 e. The fourth-order valence-electron chi connectivity index (χ4n) is 0.144. The van der Waals surface area contributed by atoms with E-state index in [2.05, 4.69) is 11.5 Å². The van der Waals surface area contributed by atoms with Gasteiger partial charge in [-0.15, -0.1) is 0 Å². The Hall–Kier alpha value is -1.14. The number of carboxylic acid groups (broad SMARTS) is 2. The molecule has 0 fully saturated rings. The van der Waals surface area contributed by atoms with Gasteiger partial charge in [-0.05, 0) is 13.3 Å². The summed E-state index contributed by atoms with van der Waals surface area (Å²) in [5, 5.41) is 18.7. The average molecular weight is 208 g/mol. The molecule has 6 nitrogen and oxygen atoms in total. The van der Waals surface area contributed by atoms with Crippen LogP contribution in [0, 0.1) is 0 Å². The maximum atomic E-state index is 9.45. The Balaban J connectivity index is -0.000000138. The zero-order chi connectivity index (χ0) is 12.0. The van der Waals surface area contributed by atoms with Gasteiger partial charge in [0.25, 0.3) is 0 Å². The van der Waals surface area contributed by atoms with Crippen LogP contribution in [0.15, 0.2) is 0 Å². The lowest BCUT2D eigenvalue weighted by Crippen LogP contribution is -2.52. The first-order valence-electron chi connectivity index (χ1n) is 4.44. The topological polar surface area (TPSA) is 136 Å². The lowest BCUT2D eigenvalue weighted by Gasteiger charge is -1.90. The molecule has 0 spiro atoms. The molecule has 0 aromatic heterocycles. The molecule has 86 valence electrons. The lowest BCUT2D eigenvalue weighted by molar-refractivity contribution is -0.374. The molecule has 6 N–H and O–H groups in total. The van der Waals surface area contributed by atoms with Gasteiger partial charge in [0.2, 0.25) is 0 Å². The molecule has 0 bridgehead atoms. The van der Waals surface area contributed by atoms with Gasteiger partial charge in [0.1, 0.15) is 0 Å². The fraction of sp³-hybridized carbons (Fsp3) is 0.750. The van der Waals surface area contributed by atoms with E-state index in [0.717, 1.165) is 6.54 Å². The highest BCUT2D eigenvalue weighted by Crippen LogP contribution is 1.62. The summed E-state index contributed by atoms with van der Waals surface area (Å²) in [5.74, 6) is -2.02. The van der Waals surface area contributed by atoms with E-state index >= 15 is 0 Å². The van der Waals surface area contributed by atoms with Crippen LogP contribution in [0.1, 0.15) is 26.7 Å². The van der Waals surface area contributed by atoms with E-state index in [1.165, 1.54) is 6.92 Å². The molecule has 14 heavy (non-hydrogen) atoms. The normalized spacial score (nSPS) is 7.43. The predicted molar refractivity (Wildman–Crippen MR) is 46.1 cm³/mol. The zero-order valence-electron chi connectivity index (χ0n) is 8.88. The van der Waals surface area contributed by atoms with Gasteiger partial charge in [0.05, 0.1) is 13.1 Å². The van der Waals surface area contributed by atoms with Crippen molar-refractivity contribution in [1.29, 1.82) is 0 Å². The lowest BCUT2D eigenvalue weighted by atomic mass is 10.5. The largest absolute Gasteiger partial charge is 0.550 e. The Morgan fingerprint density at radius 3 is 1.36 bits per heavy atom. The molecule has 0 rings (SSSR count). The summed E-state index contributed by atoms with van der Waals surface area (Å²) in [6.45, 7) is 4.97. The number of hydrogen-bond donors (Lipinski definition) is 2. The van der Waals surface area contributed by atoms with Crippen LogP contribution in [0.2, 0.25) is 0 Å². The van der Waals surface area contributed by atoms with Crippen molar-refractivity contribution in [2.45, 2.75) is 26.7 Å². The number of hydrogen-bond acceptors (Lipinski definition) is 4. The zero-order valence-corrected chi connectivity index (χ0v) is 8.88. The molecule has 0 aromatic rings. The van der Waals surface area contributed by atoms with Gasteiger partial charge in [-0.3, -0.25) is 0 Å². The number of quaternary nitrogens is 2. The quantitative estimate of drug-likeness (QED) is 0.485. The predicted octanol–water partition coefficient (Wildman–Crippen LogP) is -4.24. The monoisotopic (exact) mass is 208 g/mol. The van der Waals surface area contributed by atoms with Gasteiger partial charge >= 0.3 is 0 Å². The van der Waals surface area contributed by atoms with Gasteiger partial charge in [-0.1, -0.05) is 6.92 Å². The molecule has 0 heterocycles. The highest BCUT2D eigenvalue weighted by molar-refractivity contribution is 5.64. The van der Waals surface area contributed by atoms with Crippen molar-refractivity contribution in [3.05, 3.63) is 0 Å². The minimum atomic E-state index is -1.02. The Labute approximate surface area is 83.9 Å². The standard InChI is InChI=1S/C3H7NO2.C3H6O2.C2H7N/c4-2-1-3(5)6;1-2-3(4)5;1-2-3/h1-2,4H2,(H,5,6);2H2,1H3,(H,4,5);2-3H2,1H3. The van der Waals surface area contributed by atoms with E-state index in [1.54, 1.807) is 0 Å². The van der Waals surface area contributed by atoms with Gasteiger partial charge in [0.15, 0.2) is 0 Å². The summed E-state index contributed by atoms with van der Waals surface area (Å²) in [4.78, 5) is 18.7. The second-order valence-corrected chi connectivity index (χ2v) is 2.20. The third-order valence-corrected chi connectivity index (χ3v) is 0.670. The van der Waals surface area contributed by atoms with E-state index in [9.17, 15) is 19.8 Å². The molecule has 0 aliphatic heterocycles. The number of carbonyl (C=O) groups is 2. The van der Waals surface area contributed by atoms with Crippen molar-refractivity contribution in [1.82, 2.24) is 0 Å². The molecule has 0 aromatic carbocycles. The molecule has 6 heteroatoms. The minimum Gasteiger partial charge on any atom is -0.550 e. The van der Waals surface area contributed by atoms with E-state index < -0.39 is 11.9 Å². The molecule has 0 radical (unpaired) electrons. The summed E-state index contributed by atoms with van der Waals surface area (Å²) in [7, 11) is 0. The van der Waals surface area contributed by atoms with Crippen molar-refractivity contribution in [2.75, 3.05) is 13.1 Å². The molecule has 0 amide bonds. The third-order valence-electron chi connectivity index (χ3n) is 0.670. The second kappa shape index (κ2) is 17.8. The molecule has 0 unspecified atom stereocenters. The number of aliphatic carboxylic acids is 2. The SMILES string of the molecule is CCC(=O)[O-].CC[NH3+].[NH3+]CCC(=O)[O-]. The first-order valence-corrected chi connectivity index (χ1v) is 4.44. The van der Waals surface area contributed by atoms with Gasteiger partial charge in [-0.25, -0.2) is 0 Å². The minimum absolute atomic E-state index is 0.0694. The van der Waals surface area contributed by atoms with Crippen LogP contribution in [-0.4, -0.2) is 25.0 Å². The summed E-state index contributed by atoms with van der Waals surface area (Å²) in [6, 6.07) is 0. The number of rotatable bonds is 3. The Morgan fingerprint density at radius 1 is 1.07 bits per heavy atom. The van der Waals surface area contributed by atoms with E-state index in [0.29, 0.717) is 6.54 Å². The van der Waals surface area contributed by atoms with Crippen LogP contribution in [0.3, 0.4) is 0 Å². The van der Waals surface area contributed by atoms with Gasteiger partial charge in [0, 0.05) is 18.4 Å². The maximum absolute atomic E-state index is 9.45. The van der Waals surface area contributed by atoms with Crippen molar-refractivity contribution in [3.8, 4) is 0 Å². The van der Waals surface area contributed by atoms with Crippen molar-refractivity contribution in [2.24, 2.45) is 0 Å². The van der Waals surface area contributed by atoms with Crippen molar-refractivity contribution >= 4 is 11.9 Å². The van der Waals surface area contributed by atoms with Crippen LogP contribution in [0.25, 0.3) is 0 Å². The Morgan fingerprint density at radius 2 is 1.36 bits per heavy atom. The van der Waals surface area contributed by atoms with Gasteiger partial charge in [-0.2, -0.15) is 0 Å². The Kier molecular flexibility index (Phi) is 23.7. The molecule has 0 aliphatic rings. The van der Waals surface area contributed by atoms with E-state index in [4.69, 9.17) is 0 Å². The van der Waals surface area contributed by atoms with Crippen molar-refractivity contribution in [3.63, 3.8) is 0 Å². The van der Waals surface area contributed by atoms with Crippen LogP contribution in [0.4, 0.5) is 0 Å². The summed E-state index contributed by atoms with van der Waals surface area (Å²) in [6.07, 6.45) is 0.181. The van der Waals surface area contributed by atoms with Crippen LogP contribution >= 0.6 is 0 Å². The van der Waals surface area contributed by atoms with Gasteiger partial charge < -0.3 is 31.3 Å². The van der Waals surface area contributed by atoms with E-state index in [1.807, 2.05) is 6.92 Å². The summed E-state index contributed by atoms with van der Waals surface area (Å²) >= 11 is 0. The highest BCUT2D eigenvalue weighted by atomic mass is 16.4. The number of carbonyl (C=O) groups excluding carboxylic acids is 2. The maximum Gasteiger partial charge on any atom is 0.0792 e. The molecule has 0 saturated heterocycles. The number of carboxylic acids is 2. The fourth-order valence-corrected chi connectivity index (χ4v) is 0.144. The third kappa shape index (κ3) is 70.9. The highest BCUT2D eigenvalue weighted by Gasteiger charge is 1.78. The van der Waals surface area contributed by atoms with Crippen LogP contribution in [0.5, 0.6) is 0 Å². The van der Waals surface area contributed by atoms with E-state index in [-0.39, 0.29) is 12.8 Å². The summed E-state index contributed by atoms with van der Waals surface area (Å²) < 4.78 is 0. The van der Waals surface area contributed by atoms with Crippen molar-refractivity contribution < 1.29 is 31.3 Å². The molecular formula is C8H20N2O4. The summed E-state index contributed by atoms with van der Waals surface area (Å²) in [5.41, 5.74) is 6.79. The van der Waals surface area contributed by atoms with Crippen LogP contribution in [-0.2, 0) is 9.59 Å². The molecule has 0 atom stereocenters. The second-order valence-electron chi connectivity index (χ2n) is 2.20. The van der Waals surface area contributed by atoms with Crippen LogP contribution < -0.4 is 21.7 Å². The molecule has 0 saturated carbocycles. The average Bonchev–Trinajstić information content (AvgIpc) is 2.06.